The van der Waals surface area contributed by atoms with Gasteiger partial charge in [0, 0.05) is 15.6 Å². The van der Waals surface area contributed by atoms with Gasteiger partial charge in [-0.1, -0.05) is 41.4 Å². The largest absolute Gasteiger partial charge is 0.488 e. The zero-order valence-electron chi connectivity index (χ0n) is 9.99. The number of nitrogens with two attached hydrogens (primary N) is 1. The fourth-order valence-electron chi connectivity index (χ4n) is 1.61. The number of amidine groups is 1. The molecule has 0 unspecified atom stereocenters. The highest BCUT2D eigenvalue weighted by Crippen LogP contribution is 2.25. The predicted octanol–water partition coefficient (Wildman–Crippen LogP) is 3.86. The first kappa shape index (κ1) is 13.7. The first-order valence-electron chi connectivity index (χ1n) is 5.58. The van der Waals surface area contributed by atoms with E-state index in [2.05, 4.69) is 0 Å². The van der Waals surface area contributed by atoms with Crippen LogP contribution in [0.2, 0.25) is 10.0 Å². The summed E-state index contributed by atoms with van der Waals surface area (Å²) in [5.74, 6) is 0.408. The SMILES string of the molecule is N=C(N)c1ccc(Cl)cc1OCc1ccccc1Cl. The van der Waals surface area contributed by atoms with E-state index in [1.165, 1.54) is 0 Å². The molecule has 0 bridgehead atoms. The Bertz CT molecular complexity index is 614. The number of ether oxygens (including phenoxy) is 1. The van der Waals surface area contributed by atoms with E-state index >= 15 is 0 Å². The summed E-state index contributed by atoms with van der Waals surface area (Å²) in [6, 6.07) is 12.4. The van der Waals surface area contributed by atoms with Crippen LogP contribution in [0.4, 0.5) is 0 Å². The molecule has 0 aliphatic carbocycles. The monoisotopic (exact) mass is 294 g/mol. The van der Waals surface area contributed by atoms with Crippen LogP contribution in [-0.4, -0.2) is 5.84 Å². The van der Waals surface area contributed by atoms with Crippen molar-refractivity contribution in [3.63, 3.8) is 0 Å². The Balaban J connectivity index is 2.22. The van der Waals surface area contributed by atoms with E-state index < -0.39 is 0 Å². The molecule has 19 heavy (non-hydrogen) atoms. The lowest BCUT2D eigenvalue weighted by Gasteiger charge is -2.11. The average Bonchev–Trinajstić information content (AvgIpc) is 2.37. The number of benzene rings is 2. The third kappa shape index (κ3) is 3.40. The van der Waals surface area contributed by atoms with Crippen molar-refractivity contribution in [1.82, 2.24) is 0 Å². The maximum atomic E-state index is 7.50. The molecule has 0 amide bonds. The van der Waals surface area contributed by atoms with Crippen LogP contribution < -0.4 is 10.5 Å². The number of hydrogen-bond donors (Lipinski definition) is 2. The van der Waals surface area contributed by atoms with Gasteiger partial charge in [-0.05, 0) is 24.3 Å². The minimum absolute atomic E-state index is 0.0641. The summed E-state index contributed by atoms with van der Waals surface area (Å²) in [4.78, 5) is 0. The van der Waals surface area contributed by atoms with Crippen LogP contribution in [0.25, 0.3) is 0 Å². The van der Waals surface area contributed by atoms with Crippen molar-refractivity contribution in [2.24, 2.45) is 5.73 Å². The third-order valence-electron chi connectivity index (χ3n) is 2.57. The van der Waals surface area contributed by atoms with E-state index in [1.54, 1.807) is 24.3 Å². The van der Waals surface area contributed by atoms with Gasteiger partial charge < -0.3 is 10.5 Å². The van der Waals surface area contributed by atoms with E-state index in [4.69, 9.17) is 39.1 Å². The molecular weight excluding hydrogens is 283 g/mol. The van der Waals surface area contributed by atoms with Gasteiger partial charge in [0.15, 0.2) is 0 Å². The Morgan fingerprint density at radius 1 is 1.16 bits per heavy atom. The highest BCUT2D eigenvalue weighted by atomic mass is 35.5. The molecule has 0 aliphatic rings. The highest BCUT2D eigenvalue weighted by Gasteiger charge is 2.08. The summed E-state index contributed by atoms with van der Waals surface area (Å²) >= 11 is 12.0. The van der Waals surface area contributed by atoms with E-state index in [0.717, 1.165) is 5.56 Å². The Hall–Kier alpha value is -1.71. The van der Waals surface area contributed by atoms with Crippen LogP contribution in [0.15, 0.2) is 42.5 Å². The van der Waals surface area contributed by atoms with Crippen LogP contribution in [0.1, 0.15) is 11.1 Å². The maximum Gasteiger partial charge on any atom is 0.132 e. The fourth-order valence-corrected chi connectivity index (χ4v) is 1.96. The van der Waals surface area contributed by atoms with Gasteiger partial charge in [0.2, 0.25) is 0 Å². The van der Waals surface area contributed by atoms with Crippen molar-refractivity contribution >= 4 is 29.0 Å². The number of halogens is 2. The number of nitrogen functional groups attached to an aromatic ring is 1. The smallest absolute Gasteiger partial charge is 0.132 e. The first-order chi connectivity index (χ1) is 9.08. The molecule has 2 aromatic carbocycles. The van der Waals surface area contributed by atoms with Crippen molar-refractivity contribution in [3.8, 4) is 5.75 Å². The molecule has 0 atom stereocenters. The van der Waals surface area contributed by atoms with Crippen molar-refractivity contribution in [3.05, 3.63) is 63.6 Å². The second-order valence-corrected chi connectivity index (χ2v) is 4.78. The molecule has 98 valence electrons. The third-order valence-corrected chi connectivity index (χ3v) is 3.18. The van der Waals surface area contributed by atoms with Gasteiger partial charge in [-0.3, -0.25) is 5.41 Å². The molecular formula is C14H12Cl2N2O. The van der Waals surface area contributed by atoms with E-state index in [0.29, 0.717) is 28.0 Å². The fraction of sp³-hybridized carbons (Fsp3) is 0.0714. The summed E-state index contributed by atoms with van der Waals surface area (Å²) in [6.07, 6.45) is 0. The Labute approximate surface area is 121 Å². The van der Waals surface area contributed by atoms with Crippen molar-refractivity contribution in [2.75, 3.05) is 0 Å². The van der Waals surface area contributed by atoms with Gasteiger partial charge in [0.05, 0.1) is 5.56 Å². The maximum absolute atomic E-state index is 7.50. The summed E-state index contributed by atoms with van der Waals surface area (Å²) < 4.78 is 5.66. The molecule has 0 aromatic heterocycles. The van der Waals surface area contributed by atoms with Crippen LogP contribution >= 0.6 is 23.2 Å². The van der Waals surface area contributed by atoms with Gasteiger partial charge in [0.25, 0.3) is 0 Å². The molecule has 0 saturated heterocycles. The van der Waals surface area contributed by atoms with Crippen molar-refractivity contribution in [2.45, 2.75) is 6.61 Å². The van der Waals surface area contributed by atoms with Crippen LogP contribution in [0, 0.1) is 5.41 Å². The lowest BCUT2D eigenvalue weighted by atomic mass is 10.2. The molecule has 3 N–H and O–H groups in total. The van der Waals surface area contributed by atoms with Crippen LogP contribution in [0.5, 0.6) is 5.75 Å². The standard InChI is InChI=1S/C14H12Cl2N2O/c15-10-5-6-11(14(17)18)13(7-10)19-8-9-3-1-2-4-12(9)16/h1-7H,8H2,(H3,17,18). The van der Waals surface area contributed by atoms with Crippen LogP contribution in [0.3, 0.4) is 0 Å². The highest BCUT2D eigenvalue weighted by molar-refractivity contribution is 6.31. The zero-order chi connectivity index (χ0) is 13.8. The van der Waals surface area contributed by atoms with E-state index in [1.807, 2.05) is 18.2 Å². The zero-order valence-corrected chi connectivity index (χ0v) is 11.5. The van der Waals surface area contributed by atoms with E-state index in [9.17, 15) is 0 Å². The summed E-state index contributed by atoms with van der Waals surface area (Å²) in [5, 5.41) is 8.66. The predicted molar refractivity (Wildman–Crippen MR) is 78.3 cm³/mol. The second-order valence-electron chi connectivity index (χ2n) is 3.93. The minimum Gasteiger partial charge on any atom is -0.488 e. The molecule has 2 aromatic rings. The van der Waals surface area contributed by atoms with Gasteiger partial charge in [0.1, 0.15) is 18.2 Å². The molecule has 0 fully saturated rings. The molecule has 5 heteroatoms. The molecule has 0 aliphatic heterocycles. The molecule has 3 nitrogen and oxygen atoms in total. The van der Waals surface area contributed by atoms with E-state index in [-0.39, 0.29) is 5.84 Å². The summed E-state index contributed by atoms with van der Waals surface area (Å²) in [7, 11) is 0. The quantitative estimate of drug-likeness (QED) is 0.664. The lowest BCUT2D eigenvalue weighted by Crippen LogP contribution is -2.13. The van der Waals surface area contributed by atoms with Crippen molar-refractivity contribution in [1.29, 1.82) is 5.41 Å². The van der Waals surface area contributed by atoms with Gasteiger partial charge in [-0.2, -0.15) is 0 Å². The second kappa shape index (κ2) is 5.95. The van der Waals surface area contributed by atoms with Gasteiger partial charge in [-0.25, -0.2) is 0 Å². The minimum atomic E-state index is -0.0641. The molecule has 0 radical (unpaired) electrons. The Kier molecular flexibility index (Phi) is 4.30. The molecule has 2 rings (SSSR count). The first-order valence-corrected chi connectivity index (χ1v) is 6.33. The number of nitrogens with one attached hydrogen (secondary N) is 1. The molecule has 0 heterocycles. The van der Waals surface area contributed by atoms with Crippen molar-refractivity contribution < 1.29 is 4.74 Å². The summed E-state index contributed by atoms with van der Waals surface area (Å²) in [6.45, 7) is 0.292. The lowest BCUT2D eigenvalue weighted by molar-refractivity contribution is 0.305. The van der Waals surface area contributed by atoms with Gasteiger partial charge >= 0.3 is 0 Å². The Morgan fingerprint density at radius 3 is 2.58 bits per heavy atom. The van der Waals surface area contributed by atoms with Gasteiger partial charge in [-0.15, -0.1) is 0 Å². The average molecular weight is 295 g/mol. The Morgan fingerprint density at radius 2 is 1.89 bits per heavy atom. The summed E-state index contributed by atoms with van der Waals surface area (Å²) in [5.41, 5.74) is 6.87. The molecule has 0 spiro atoms. The number of rotatable bonds is 4. The number of hydrogen-bond acceptors (Lipinski definition) is 2. The topological polar surface area (TPSA) is 59.1 Å². The normalized spacial score (nSPS) is 10.2. The molecule has 0 saturated carbocycles. The van der Waals surface area contributed by atoms with Crippen LogP contribution in [-0.2, 0) is 6.61 Å².